The molecule has 0 heterocycles. The van der Waals surface area contributed by atoms with Gasteiger partial charge in [-0.2, -0.15) is 20.5 Å². The number of azo groups is 2. The molecule has 0 bridgehead atoms. The number of hydrogen-bond donors (Lipinski definition) is 2. The fourth-order valence-corrected chi connectivity index (χ4v) is 2.21. The summed E-state index contributed by atoms with van der Waals surface area (Å²) >= 11 is 0. The van der Waals surface area contributed by atoms with Crippen LogP contribution in [0.4, 0.5) is 22.7 Å². The highest BCUT2D eigenvalue weighted by molar-refractivity contribution is 6.13. The van der Waals surface area contributed by atoms with Crippen LogP contribution in [-0.4, -0.2) is 17.7 Å². The van der Waals surface area contributed by atoms with Crippen LogP contribution in [0.2, 0.25) is 0 Å². The highest BCUT2D eigenvalue weighted by Gasteiger charge is 1.87. The summed E-state index contributed by atoms with van der Waals surface area (Å²) in [6.45, 7) is 0. The van der Waals surface area contributed by atoms with Crippen molar-refractivity contribution in [2.45, 2.75) is 0 Å². The first-order chi connectivity index (χ1) is 15.3. The molecule has 4 aromatic rings. The van der Waals surface area contributed by atoms with Crippen LogP contribution in [0.1, 0.15) is 0 Å². The number of nitrogens with zero attached hydrogens (tertiary/aromatic N) is 4. The molecule has 0 aliphatic heterocycles. The van der Waals surface area contributed by atoms with Crippen molar-refractivity contribution in [2.75, 3.05) is 0 Å². The van der Waals surface area contributed by atoms with Crippen molar-refractivity contribution < 1.29 is 10.0 Å². The van der Waals surface area contributed by atoms with E-state index >= 15 is 0 Å². The molecular formula is C24H23BN4O2. The lowest BCUT2D eigenvalue weighted by atomic mass is 10.3. The number of hydrogen-bond acceptors (Lipinski definition) is 6. The fraction of sp³-hybridized carbons (Fsp3) is 0. The van der Waals surface area contributed by atoms with Gasteiger partial charge in [0.05, 0.1) is 22.7 Å². The Hall–Kier alpha value is -3.94. The second-order valence-electron chi connectivity index (χ2n) is 5.88. The van der Waals surface area contributed by atoms with Gasteiger partial charge in [0.15, 0.2) is 0 Å². The first-order valence-corrected chi connectivity index (χ1v) is 9.57. The van der Waals surface area contributed by atoms with E-state index in [1.807, 2.05) is 121 Å². The van der Waals surface area contributed by atoms with Gasteiger partial charge in [-0.05, 0) is 48.5 Å². The summed E-state index contributed by atoms with van der Waals surface area (Å²) in [5, 5.41) is 30.7. The normalized spacial score (nSPS) is 10.0. The molecule has 7 heteroatoms. The molecule has 0 saturated heterocycles. The van der Waals surface area contributed by atoms with E-state index in [4.69, 9.17) is 10.0 Å². The Morgan fingerprint density at radius 1 is 0.355 bits per heavy atom. The zero-order valence-corrected chi connectivity index (χ0v) is 16.9. The molecule has 154 valence electrons. The maximum absolute atomic E-state index is 7.12. The molecule has 0 atom stereocenters. The standard InChI is InChI=1S/2C12H10N2.BH3O2/c2*1-3-7-11(8-4-1)13-14-12-9-5-2-6-10-12;2-1-3/h2*1-10H;1-3H/b2*14-13+;. The van der Waals surface area contributed by atoms with Crippen molar-refractivity contribution in [2.24, 2.45) is 20.5 Å². The van der Waals surface area contributed by atoms with E-state index in [1.54, 1.807) is 0 Å². The van der Waals surface area contributed by atoms with Crippen molar-refractivity contribution in [3.8, 4) is 0 Å². The molecular weight excluding hydrogens is 387 g/mol. The van der Waals surface area contributed by atoms with Crippen molar-refractivity contribution in [3.05, 3.63) is 121 Å². The first kappa shape index (κ1) is 23.3. The van der Waals surface area contributed by atoms with Crippen molar-refractivity contribution >= 4 is 30.4 Å². The van der Waals surface area contributed by atoms with Crippen LogP contribution >= 0.6 is 0 Å². The van der Waals surface area contributed by atoms with Crippen molar-refractivity contribution in [1.29, 1.82) is 0 Å². The summed E-state index contributed by atoms with van der Waals surface area (Å²) < 4.78 is 0. The third-order valence-corrected chi connectivity index (χ3v) is 3.59. The van der Waals surface area contributed by atoms with E-state index in [2.05, 4.69) is 20.5 Å². The van der Waals surface area contributed by atoms with E-state index in [9.17, 15) is 0 Å². The van der Waals surface area contributed by atoms with Crippen LogP contribution in [0.3, 0.4) is 0 Å². The van der Waals surface area contributed by atoms with Crippen LogP contribution in [0.25, 0.3) is 0 Å². The largest absolute Gasteiger partial charge is 0.432 e. The van der Waals surface area contributed by atoms with E-state index in [0.29, 0.717) is 0 Å². The minimum atomic E-state index is -0.750. The summed E-state index contributed by atoms with van der Waals surface area (Å²) in [4.78, 5) is 0. The molecule has 31 heavy (non-hydrogen) atoms. The van der Waals surface area contributed by atoms with Gasteiger partial charge in [0.1, 0.15) is 0 Å². The summed E-state index contributed by atoms with van der Waals surface area (Å²) in [6, 6.07) is 38.8. The number of benzene rings is 4. The van der Waals surface area contributed by atoms with Gasteiger partial charge >= 0.3 is 7.69 Å². The molecule has 6 nitrogen and oxygen atoms in total. The van der Waals surface area contributed by atoms with Crippen LogP contribution < -0.4 is 0 Å². The summed E-state index contributed by atoms with van der Waals surface area (Å²) in [5.74, 6) is 0. The molecule has 0 fully saturated rings. The van der Waals surface area contributed by atoms with Crippen LogP contribution in [0.15, 0.2) is 142 Å². The molecule has 0 saturated carbocycles. The second kappa shape index (κ2) is 15.0. The van der Waals surface area contributed by atoms with E-state index in [0.717, 1.165) is 22.7 Å². The van der Waals surface area contributed by atoms with Gasteiger partial charge < -0.3 is 10.0 Å². The molecule has 0 unspecified atom stereocenters. The predicted octanol–water partition coefficient (Wildman–Crippen LogP) is 6.44. The molecule has 0 amide bonds. The van der Waals surface area contributed by atoms with Gasteiger partial charge in [0, 0.05) is 0 Å². The third kappa shape index (κ3) is 10.4. The van der Waals surface area contributed by atoms with E-state index < -0.39 is 7.69 Å². The average molecular weight is 410 g/mol. The van der Waals surface area contributed by atoms with E-state index in [-0.39, 0.29) is 0 Å². The Balaban J connectivity index is 0.000000196. The van der Waals surface area contributed by atoms with Gasteiger partial charge in [0.25, 0.3) is 0 Å². The fourth-order valence-electron chi connectivity index (χ4n) is 2.21. The maximum atomic E-state index is 7.12. The second-order valence-corrected chi connectivity index (χ2v) is 5.88. The molecule has 0 aliphatic rings. The monoisotopic (exact) mass is 410 g/mol. The van der Waals surface area contributed by atoms with Gasteiger partial charge in [-0.25, -0.2) is 0 Å². The highest BCUT2D eigenvalue weighted by Crippen LogP contribution is 2.17. The van der Waals surface area contributed by atoms with E-state index in [1.165, 1.54) is 0 Å². The third-order valence-electron chi connectivity index (χ3n) is 3.59. The van der Waals surface area contributed by atoms with Gasteiger partial charge in [-0.1, -0.05) is 72.8 Å². The molecule has 0 aliphatic carbocycles. The Morgan fingerprint density at radius 2 is 0.516 bits per heavy atom. The van der Waals surface area contributed by atoms with Crippen molar-refractivity contribution in [3.63, 3.8) is 0 Å². The maximum Gasteiger partial charge on any atom is 0.432 e. The molecule has 2 N–H and O–H groups in total. The molecule has 0 spiro atoms. The van der Waals surface area contributed by atoms with Crippen molar-refractivity contribution in [1.82, 2.24) is 0 Å². The molecule has 4 rings (SSSR count). The predicted molar refractivity (Wildman–Crippen MR) is 126 cm³/mol. The Morgan fingerprint density at radius 3 is 0.677 bits per heavy atom. The minimum Gasteiger partial charge on any atom is -0.430 e. The summed E-state index contributed by atoms with van der Waals surface area (Å²) in [6.07, 6.45) is 0. The Bertz CT molecular complexity index is 848. The van der Waals surface area contributed by atoms with Crippen LogP contribution in [0.5, 0.6) is 0 Å². The zero-order valence-electron chi connectivity index (χ0n) is 16.9. The van der Waals surface area contributed by atoms with Gasteiger partial charge in [-0.15, -0.1) is 0 Å². The average Bonchev–Trinajstić information content (AvgIpc) is 2.85. The lowest BCUT2D eigenvalue weighted by molar-refractivity contribution is 0.448. The van der Waals surface area contributed by atoms with Crippen LogP contribution in [0, 0.1) is 0 Å². The number of rotatable bonds is 4. The summed E-state index contributed by atoms with van der Waals surface area (Å²) in [7, 11) is -0.750. The smallest absolute Gasteiger partial charge is 0.430 e. The Kier molecular flexibility index (Phi) is 11.3. The lowest BCUT2D eigenvalue weighted by Crippen LogP contribution is -1.75. The first-order valence-electron chi connectivity index (χ1n) is 9.57. The SMILES string of the molecule is OBO.c1ccc(/N=N/c2ccccc2)cc1.c1ccc(/N=N/c2ccccc2)cc1. The zero-order chi connectivity index (χ0) is 22.0. The molecule has 0 radical (unpaired) electrons. The van der Waals surface area contributed by atoms with Gasteiger partial charge in [-0.3, -0.25) is 0 Å². The molecule has 0 aromatic heterocycles. The minimum absolute atomic E-state index is 0.750. The molecule has 4 aromatic carbocycles. The highest BCUT2D eigenvalue weighted by atomic mass is 16.4. The lowest BCUT2D eigenvalue weighted by Gasteiger charge is -1.91. The Labute approximate surface area is 182 Å². The van der Waals surface area contributed by atoms with Gasteiger partial charge in [0.2, 0.25) is 0 Å². The summed E-state index contributed by atoms with van der Waals surface area (Å²) in [5.41, 5.74) is 3.49. The topological polar surface area (TPSA) is 89.9 Å². The quantitative estimate of drug-likeness (QED) is 0.299. The van der Waals surface area contributed by atoms with Crippen LogP contribution in [-0.2, 0) is 0 Å².